The van der Waals surface area contributed by atoms with Crippen molar-refractivity contribution in [1.82, 2.24) is 0 Å². The predicted octanol–water partition coefficient (Wildman–Crippen LogP) is 5.68. The third-order valence-electron chi connectivity index (χ3n) is 3.73. The van der Waals surface area contributed by atoms with Gasteiger partial charge >= 0.3 is 0 Å². The van der Waals surface area contributed by atoms with Crippen molar-refractivity contribution < 1.29 is 14.3 Å². The molecule has 0 aliphatic heterocycles. The van der Waals surface area contributed by atoms with E-state index in [4.69, 9.17) is 9.47 Å². The number of carbonyl (C=O) groups excluding carboxylic acids is 1. The summed E-state index contributed by atoms with van der Waals surface area (Å²) in [4.78, 5) is 12.0. The predicted molar refractivity (Wildman–Crippen MR) is 110 cm³/mol. The average Bonchev–Trinajstić information content (AvgIpc) is 2.66. The Morgan fingerprint density at radius 3 is 2.58 bits per heavy atom. The van der Waals surface area contributed by atoms with Crippen molar-refractivity contribution in [3.63, 3.8) is 0 Å². The zero-order valence-corrected chi connectivity index (χ0v) is 16.7. The molecule has 0 radical (unpaired) electrons. The van der Waals surface area contributed by atoms with Crippen molar-refractivity contribution >= 4 is 33.6 Å². The Kier molecular flexibility index (Phi) is 8.22. The number of nitrogens with one attached hydrogen (secondary N) is 1. The molecule has 4 nitrogen and oxygen atoms in total. The molecule has 0 aromatic heterocycles. The minimum absolute atomic E-state index is 0.189. The lowest BCUT2D eigenvalue weighted by Gasteiger charge is -2.11. The van der Waals surface area contributed by atoms with Crippen LogP contribution in [0.4, 0.5) is 5.69 Å². The highest BCUT2D eigenvalue weighted by atomic mass is 79.9. The molecule has 5 heteroatoms. The lowest BCUT2D eigenvalue weighted by Crippen LogP contribution is -2.07. The Morgan fingerprint density at radius 1 is 1.12 bits per heavy atom. The number of amides is 1. The van der Waals surface area contributed by atoms with Crippen molar-refractivity contribution in [2.45, 2.75) is 26.2 Å². The largest absolute Gasteiger partial charge is 0.493 e. The second-order valence-corrected chi connectivity index (χ2v) is 6.71. The molecule has 0 unspecified atom stereocenters. The average molecular weight is 418 g/mol. The van der Waals surface area contributed by atoms with Gasteiger partial charge in [-0.15, -0.1) is 0 Å². The van der Waals surface area contributed by atoms with Gasteiger partial charge in [0.2, 0.25) is 5.91 Å². The molecule has 1 N–H and O–H groups in total. The molecule has 1 amide bonds. The van der Waals surface area contributed by atoms with E-state index >= 15 is 0 Å². The molecule has 2 rings (SSSR count). The summed E-state index contributed by atoms with van der Waals surface area (Å²) in [5.41, 5.74) is 1.62. The van der Waals surface area contributed by atoms with Crippen LogP contribution in [0.15, 0.2) is 53.0 Å². The van der Waals surface area contributed by atoms with Gasteiger partial charge in [-0.1, -0.05) is 41.8 Å². The minimum Gasteiger partial charge on any atom is -0.493 e. The van der Waals surface area contributed by atoms with Crippen LogP contribution < -0.4 is 14.8 Å². The number of methoxy groups -OCH3 is 1. The van der Waals surface area contributed by atoms with Crippen LogP contribution in [0.3, 0.4) is 0 Å². The molecule has 2 aromatic carbocycles. The van der Waals surface area contributed by atoms with Crippen LogP contribution in [0.5, 0.6) is 11.5 Å². The maximum atomic E-state index is 12.0. The number of hydrogen-bond acceptors (Lipinski definition) is 3. The molecule has 0 aliphatic carbocycles. The van der Waals surface area contributed by atoms with Crippen molar-refractivity contribution in [1.29, 1.82) is 0 Å². The standard InChI is InChI=1S/C21H24BrNO3/c1-3-4-5-14-26-19-12-6-16(15-20(19)25-2)7-13-21(24)23-18-10-8-17(22)9-11-18/h6-13,15H,3-5,14H2,1-2H3,(H,23,24)/b13-7+. The molecule has 0 saturated carbocycles. The Labute approximate surface area is 163 Å². The van der Waals surface area contributed by atoms with E-state index in [0.29, 0.717) is 12.4 Å². The number of halogens is 1. The highest BCUT2D eigenvalue weighted by Gasteiger charge is 2.05. The minimum atomic E-state index is -0.189. The van der Waals surface area contributed by atoms with Gasteiger partial charge in [-0.3, -0.25) is 4.79 Å². The van der Waals surface area contributed by atoms with Crippen molar-refractivity contribution in [2.24, 2.45) is 0 Å². The molecule has 0 fully saturated rings. The molecular formula is C21H24BrNO3. The zero-order chi connectivity index (χ0) is 18.8. The van der Waals surface area contributed by atoms with Crippen LogP contribution in [0.2, 0.25) is 0 Å². The SMILES string of the molecule is CCCCCOc1ccc(/C=C/C(=O)Nc2ccc(Br)cc2)cc1OC. The fourth-order valence-corrected chi connectivity index (χ4v) is 2.59. The van der Waals surface area contributed by atoms with E-state index in [0.717, 1.165) is 40.7 Å². The van der Waals surface area contributed by atoms with E-state index in [-0.39, 0.29) is 5.91 Å². The van der Waals surface area contributed by atoms with Crippen LogP contribution in [-0.2, 0) is 4.79 Å². The number of benzene rings is 2. The number of rotatable bonds is 9. The highest BCUT2D eigenvalue weighted by Crippen LogP contribution is 2.28. The molecule has 138 valence electrons. The number of carbonyl (C=O) groups is 1. The fourth-order valence-electron chi connectivity index (χ4n) is 2.33. The molecular weight excluding hydrogens is 394 g/mol. The fraction of sp³-hybridized carbons (Fsp3) is 0.286. The number of hydrogen-bond donors (Lipinski definition) is 1. The van der Waals surface area contributed by atoms with Crippen LogP contribution >= 0.6 is 15.9 Å². The normalized spacial score (nSPS) is 10.7. The van der Waals surface area contributed by atoms with E-state index in [1.807, 2.05) is 42.5 Å². The monoisotopic (exact) mass is 417 g/mol. The van der Waals surface area contributed by atoms with Crippen molar-refractivity contribution in [3.05, 3.63) is 58.6 Å². The van der Waals surface area contributed by atoms with E-state index < -0.39 is 0 Å². The topological polar surface area (TPSA) is 47.6 Å². The van der Waals surface area contributed by atoms with Gasteiger partial charge in [-0.25, -0.2) is 0 Å². The second kappa shape index (κ2) is 10.7. The van der Waals surface area contributed by atoms with Gasteiger partial charge in [0.05, 0.1) is 13.7 Å². The Hall–Kier alpha value is -2.27. The van der Waals surface area contributed by atoms with Gasteiger partial charge < -0.3 is 14.8 Å². The van der Waals surface area contributed by atoms with Crippen molar-refractivity contribution in [2.75, 3.05) is 19.0 Å². The molecule has 0 saturated heterocycles. The number of ether oxygens (including phenoxy) is 2. The number of anilines is 1. The summed E-state index contributed by atoms with van der Waals surface area (Å²) < 4.78 is 12.1. The van der Waals surface area contributed by atoms with E-state index in [1.165, 1.54) is 6.08 Å². The Morgan fingerprint density at radius 2 is 1.88 bits per heavy atom. The van der Waals surface area contributed by atoms with E-state index in [1.54, 1.807) is 13.2 Å². The molecule has 2 aromatic rings. The lowest BCUT2D eigenvalue weighted by molar-refractivity contribution is -0.111. The van der Waals surface area contributed by atoms with Gasteiger partial charge in [0.15, 0.2) is 11.5 Å². The molecule has 0 aliphatic rings. The zero-order valence-electron chi connectivity index (χ0n) is 15.1. The molecule has 0 heterocycles. The van der Waals surface area contributed by atoms with E-state index in [2.05, 4.69) is 28.2 Å². The summed E-state index contributed by atoms with van der Waals surface area (Å²) in [7, 11) is 1.61. The Bertz CT molecular complexity index is 741. The maximum Gasteiger partial charge on any atom is 0.248 e. The third kappa shape index (κ3) is 6.56. The summed E-state index contributed by atoms with van der Waals surface area (Å²) in [6, 6.07) is 13.1. The van der Waals surface area contributed by atoms with Crippen molar-refractivity contribution in [3.8, 4) is 11.5 Å². The van der Waals surface area contributed by atoms with Crippen LogP contribution in [-0.4, -0.2) is 19.6 Å². The Balaban J connectivity index is 1.96. The van der Waals surface area contributed by atoms with Gasteiger partial charge in [0, 0.05) is 16.2 Å². The highest BCUT2D eigenvalue weighted by molar-refractivity contribution is 9.10. The van der Waals surface area contributed by atoms with Crippen LogP contribution in [0, 0.1) is 0 Å². The van der Waals surface area contributed by atoms with Crippen LogP contribution in [0.25, 0.3) is 6.08 Å². The number of unbranched alkanes of at least 4 members (excludes halogenated alkanes) is 2. The quantitative estimate of drug-likeness (QED) is 0.421. The van der Waals surface area contributed by atoms with E-state index in [9.17, 15) is 4.79 Å². The smallest absolute Gasteiger partial charge is 0.248 e. The first-order valence-corrected chi connectivity index (χ1v) is 9.47. The second-order valence-electron chi connectivity index (χ2n) is 5.80. The summed E-state index contributed by atoms with van der Waals surface area (Å²) >= 11 is 3.37. The lowest BCUT2D eigenvalue weighted by atomic mass is 10.2. The van der Waals surface area contributed by atoms with Gasteiger partial charge in [-0.2, -0.15) is 0 Å². The van der Waals surface area contributed by atoms with Crippen LogP contribution in [0.1, 0.15) is 31.7 Å². The first-order valence-electron chi connectivity index (χ1n) is 8.68. The summed E-state index contributed by atoms with van der Waals surface area (Å²) in [6.45, 7) is 2.84. The molecule has 0 bridgehead atoms. The summed E-state index contributed by atoms with van der Waals surface area (Å²) in [5, 5.41) is 2.82. The first-order chi connectivity index (χ1) is 12.6. The van der Waals surface area contributed by atoms with Gasteiger partial charge in [0.1, 0.15) is 0 Å². The van der Waals surface area contributed by atoms with Gasteiger partial charge in [0.25, 0.3) is 0 Å². The molecule has 0 spiro atoms. The molecule has 26 heavy (non-hydrogen) atoms. The summed E-state index contributed by atoms with van der Waals surface area (Å²) in [5.74, 6) is 1.20. The van der Waals surface area contributed by atoms with Gasteiger partial charge in [-0.05, 0) is 54.5 Å². The first kappa shape index (κ1) is 20.0. The summed E-state index contributed by atoms with van der Waals surface area (Å²) in [6.07, 6.45) is 6.58. The molecule has 0 atom stereocenters. The maximum absolute atomic E-state index is 12.0. The third-order valence-corrected chi connectivity index (χ3v) is 4.26.